The van der Waals surface area contributed by atoms with Gasteiger partial charge in [-0.05, 0) is 54.5 Å². The third-order valence-corrected chi connectivity index (χ3v) is 4.50. The number of hydrogen-bond acceptors (Lipinski definition) is 1. The minimum Gasteiger partial charge on any atom is -0.378 e. The molecule has 2 heteroatoms. The molecule has 0 bridgehead atoms. The number of halogens is 1. The van der Waals surface area contributed by atoms with E-state index in [9.17, 15) is 0 Å². The average Bonchev–Trinajstić information content (AvgIpc) is 3.31. The Morgan fingerprint density at radius 2 is 1.90 bits per heavy atom. The normalized spacial score (nSPS) is 15.9. The fourth-order valence-electron chi connectivity index (χ4n) is 2.73. The molecule has 3 rings (SSSR count). The summed E-state index contributed by atoms with van der Waals surface area (Å²) < 4.78 is 1.16. The first kappa shape index (κ1) is 13.7. The molecule has 0 heterocycles. The van der Waals surface area contributed by atoms with Gasteiger partial charge in [-0.15, -0.1) is 0 Å². The lowest BCUT2D eigenvalue weighted by molar-refractivity contribution is 0.678. The molecule has 1 N–H and O–H groups in total. The number of rotatable bonds is 5. The number of nitrogens with one attached hydrogen (secondary N) is 1. The zero-order valence-corrected chi connectivity index (χ0v) is 13.4. The lowest BCUT2D eigenvalue weighted by atomic mass is 10.0. The van der Waals surface area contributed by atoms with E-state index in [0.29, 0.717) is 6.04 Å². The molecule has 0 aromatic heterocycles. The monoisotopic (exact) mass is 329 g/mol. The lowest BCUT2D eigenvalue weighted by Gasteiger charge is -2.22. The van der Waals surface area contributed by atoms with Crippen LogP contribution in [0.15, 0.2) is 53.0 Å². The van der Waals surface area contributed by atoms with Gasteiger partial charge in [-0.2, -0.15) is 0 Å². The summed E-state index contributed by atoms with van der Waals surface area (Å²) in [7, 11) is 0. The van der Waals surface area contributed by atoms with E-state index in [-0.39, 0.29) is 0 Å². The Balaban J connectivity index is 1.87. The molecular formula is C18H20BrN. The van der Waals surface area contributed by atoms with Crippen LogP contribution in [0, 0.1) is 5.92 Å². The molecule has 0 radical (unpaired) electrons. The molecule has 1 fully saturated rings. The number of aryl methyl sites for hydroxylation is 1. The van der Waals surface area contributed by atoms with Gasteiger partial charge < -0.3 is 5.32 Å². The fourth-order valence-corrected chi connectivity index (χ4v) is 3.13. The van der Waals surface area contributed by atoms with Crippen molar-refractivity contribution in [2.45, 2.75) is 32.2 Å². The van der Waals surface area contributed by atoms with Gasteiger partial charge in [-0.1, -0.05) is 53.2 Å². The van der Waals surface area contributed by atoms with E-state index in [2.05, 4.69) is 76.7 Å². The SMILES string of the molecule is CCc1cc(Br)ccc1NC(c1ccccc1)C1CC1. The molecule has 1 unspecified atom stereocenters. The third kappa shape index (κ3) is 3.06. The fraction of sp³-hybridized carbons (Fsp3) is 0.333. The average molecular weight is 330 g/mol. The van der Waals surface area contributed by atoms with E-state index in [1.54, 1.807) is 0 Å². The van der Waals surface area contributed by atoms with Gasteiger partial charge in [0.25, 0.3) is 0 Å². The second-order valence-corrected chi connectivity index (χ2v) is 6.44. The summed E-state index contributed by atoms with van der Waals surface area (Å²) in [4.78, 5) is 0. The van der Waals surface area contributed by atoms with Gasteiger partial charge in [0.15, 0.2) is 0 Å². The smallest absolute Gasteiger partial charge is 0.0542 e. The number of anilines is 1. The standard InChI is InChI=1S/C18H20BrN/c1-2-13-12-16(19)10-11-17(13)20-18(15-8-9-15)14-6-4-3-5-7-14/h3-7,10-12,15,18,20H,2,8-9H2,1H3. The molecule has 2 aromatic carbocycles. The van der Waals surface area contributed by atoms with Gasteiger partial charge in [-0.3, -0.25) is 0 Å². The summed E-state index contributed by atoms with van der Waals surface area (Å²) in [5, 5.41) is 3.78. The van der Waals surface area contributed by atoms with Crippen LogP contribution in [-0.4, -0.2) is 0 Å². The molecule has 1 aliphatic carbocycles. The molecule has 0 spiro atoms. The van der Waals surface area contributed by atoms with Crippen LogP contribution in [0.3, 0.4) is 0 Å². The highest BCUT2D eigenvalue weighted by atomic mass is 79.9. The van der Waals surface area contributed by atoms with E-state index < -0.39 is 0 Å². The zero-order chi connectivity index (χ0) is 13.9. The summed E-state index contributed by atoms with van der Waals surface area (Å²) in [6.07, 6.45) is 3.73. The molecular weight excluding hydrogens is 310 g/mol. The van der Waals surface area contributed by atoms with Crippen molar-refractivity contribution < 1.29 is 0 Å². The lowest BCUT2D eigenvalue weighted by Crippen LogP contribution is -2.14. The first-order chi connectivity index (χ1) is 9.78. The van der Waals surface area contributed by atoms with Crippen LogP contribution >= 0.6 is 15.9 Å². The van der Waals surface area contributed by atoms with Gasteiger partial charge in [0.2, 0.25) is 0 Å². The van der Waals surface area contributed by atoms with Crippen LogP contribution in [0.4, 0.5) is 5.69 Å². The van der Waals surface area contributed by atoms with E-state index in [4.69, 9.17) is 0 Å². The first-order valence-electron chi connectivity index (χ1n) is 7.38. The van der Waals surface area contributed by atoms with E-state index in [1.807, 2.05) is 0 Å². The van der Waals surface area contributed by atoms with Crippen molar-refractivity contribution in [3.8, 4) is 0 Å². The van der Waals surface area contributed by atoms with Crippen LogP contribution in [-0.2, 0) is 6.42 Å². The second-order valence-electron chi connectivity index (χ2n) is 5.53. The minimum atomic E-state index is 0.447. The largest absolute Gasteiger partial charge is 0.378 e. The maximum absolute atomic E-state index is 3.78. The summed E-state index contributed by atoms with van der Waals surface area (Å²) in [6, 6.07) is 17.8. The molecule has 0 amide bonds. The second kappa shape index (κ2) is 6.01. The Morgan fingerprint density at radius 1 is 1.15 bits per heavy atom. The van der Waals surface area contributed by atoms with Crippen LogP contribution in [0.5, 0.6) is 0 Å². The van der Waals surface area contributed by atoms with Gasteiger partial charge >= 0.3 is 0 Å². The zero-order valence-electron chi connectivity index (χ0n) is 11.8. The number of hydrogen-bond donors (Lipinski definition) is 1. The third-order valence-electron chi connectivity index (χ3n) is 4.01. The Labute approximate surface area is 129 Å². The topological polar surface area (TPSA) is 12.0 Å². The highest BCUT2D eigenvalue weighted by Crippen LogP contribution is 2.43. The summed E-state index contributed by atoms with van der Waals surface area (Å²) in [5.41, 5.74) is 4.05. The van der Waals surface area contributed by atoms with Crippen molar-refractivity contribution in [1.29, 1.82) is 0 Å². The molecule has 1 saturated carbocycles. The van der Waals surface area contributed by atoms with Gasteiger partial charge in [-0.25, -0.2) is 0 Å². The Kier molecular flexibility index (Phi) is 4.11. The van der Waals surface area contributed by atoms with Crippen molar-refractivity contribution in [3.05, 3.63) is 64.1 Å². The first-order valence-corrected chi connectivity index (χ1v) is 8.17. The highest BCUT2D eigenvalue weighted by Gasteiger charge is 2.32. The minimum absolute atomic E-state index is 0.447. The van der Waals surface area contributed by atoms with Crippen LogP contribution in [0.1, 0.15) is 36.9 Å². The Hall–Kier alpha value is -1.28. The van der Waals surface area contributed by atoms with Crippen LogP contribution in [0.25, 0.3) is 0 Å². The highest BCUT2D eigenvalue weighted by molar-refractivity contribution is 9.10. The summed E-state index contributed by atoms with van der Waals surface area (Å²) >= 11 is 3.56. The van der Waals surface area contributed by atoms with Crippen molar-refractivity contribution in [2.24, 2.45) is 5.92 Å². The maximum atomic E-state index is 3.78. The van der Waals surface area contributed by atoms with Gasteiger partial charge in [0, 0.05) is 10.2 Å². The van der Waals surface area contributed by atoms with Crippen molar-refractivity contribution in [2.75, 3.05) is 5.32 Å². The quantitative estimate of drug-likeness (QED) is 0.755. The molecule has 2 aromatic rings. The van der Waals surface area contributed by atoms with E-state index in [1.165, 1.54) is 29.7 Å². The van der Waals surface area contributed by atoms with Gasteiger partial charge in [0.1, 0.15) is 0 Å². The predicted octanol–water partition coefficient (Wildman–Crippen LogP) is 5.57. The van der Waals surface area contributed by atoms with E-state index in [0.717, 1.165) is 16.8 Å². The maximum Gasteiger partial charge on any atom is 0.0542 e. The van der Waals surface area contributed by atoms with E-state index >= 15 is 0 Å². The molecule has 1 atom stereocenters. The summed E-state index contributed by atoms with van der Waals surface area (Å²) in [5.74, 6) is 0.783. The van der Waals surface area contributed by atoms with Crippen molar-refractivity contribution in [3.63, 3.8) is 0 Å². The van der Waals surface area contributed by atoms with Gasteiger partial charge in [0.05, 0.1) is 6.04 Å². The molecule has 1 aliphatic rings. The van der Waals surface area contributed by atoms with Crippen LogP contribution < -0.4 is 5.32 Å². The molecule has 0 saturated heterocycles. The van der Waals surface area contributed by atoms with Crippen LogP contribution in [0.2, 0.25) is 0 Å². The summed E-state index contributed by atoms with van der Waals surface area (Å²) in [6.45, 7) is 2.21. The Morgan fingerprint density at radius 3 is 2.55 bits per heavy atom. The molecule has 0 aliphatic heterocycles. The molecule has 104 valence electrons. The van der Waals surface area contributed by atoms with Crippen molar-refractivity contribution >= 4 is 21.6 Å². The molecule has 20 heavy (non-hydrogen) atoms. The van der Waals surface area contributed by atoms with Crippen molar-refractivity contribution in [1.82, 2.24) is 0 Å². The molecule has 1 nitrogen and oxygen atoms in total. The predicted molar refractivity (Wildman–Crippen MR) is 89.0 cm³/mol. The Bertz CT molecular complexity index is 575. The number of benzene rings is 2.